The molecule has 0 N–H and O–H groups in total. The van der Waals surface area contributed by atoms with Gasteiger partial charge in [0.25, 0.3) is 0 Å². The summed E-state index contributed by atoms with van der Waals surface area (Å²) in [6.45, 7) is 6.27. The van der Waals surface area contributed by atoms with Crippen LogP contribution < -0.4 is 5.46 Å². The number of rotatable bonds is 7. The first kappa shape index (κ1) is 28.8. The normalized spacial score (nSPS) is 14.9. The molecule has 1 fully saturated rings. The van der Waals surface area contributed by atoms with E-state index < -0.39 is 0 Å². The van der Waals surface area contributed by atoms with Crippen LogP contribution in [0.25, 0.3) is 54.6 Å². The summed E-state index contributed by atoms with van der Waals surface area (Å²) in [6, 6.07) is 53.2. The van der Waals surface area contributed by atoms with Crippen LogP contribution in [0.5, 0.6) is 0 Å². The second-order valence-corrected chi connectivity index (χ2v) is 12.7. The molecule has 0 aliphatic carbocycles. The van der Waals surface area contributed by atoms with Crippen LogP contribution in [0.1, 0.15) is 32.3 Å². The predicted molar refractivity (Wildman–Crippen MR) is 196 cm³/mol. The molecule has 0 aromatic heterocycles. The fourth-order valence-corrected chi connectivity index (χ4v) is 7.66. The maximum Gasteiger partial charge on any atom is 0.420 e. The van der Waals surface area contributed by atoms with E-state index in [4.69, 9.17) is 4.65 Å². The smallest absolute Gasteiger partial charge is 0.411 e. The fraction of sp³-hybridized carbons (Fsp3) is 0.163. The molecule has 1 saturated heterocycles. The molecule has 0 radical (unpaired) electrons. The van der Waals surface area contributed by atoms with Crippen molar-refractivity contribution in [1.29, 1.82) is 0 Å². The number of benzene rings is 7. The van der Waals surface area contributed by atoms with Gasteiger partial charge in [0, 0.05) is 13.1 Å². The predicted octanol–water partition coefficient (Wildman–Crippen LogP) is 10.3. The second kappa shape index (κ2) is 11.9. The number of hydrogen-bond donors (Lipinski definition) is 0. The molecule has 7 aromatic rings. The van der Waals surface area contributed by atoms with E-state index in [0.29, 0.717) is 0 Å². The van der Waals surface area contributed by atoms with E-state index in [1.54, 1.807) is 0 Å². The third kappa shape index (κ3) is 4.92. The molecule has 3 heteroatoms. The minimum Gasteiger partial charge on any atom is -0.411 e. The van der Waals surface area contributed by atoms with Crippen molar-refractivity contribution in [2.24, 2.45) is 0 Å². The average molecular weight is 596 g/mol. The van der Waals surface area contributed by atoms with Gasteiger partial charge in [-0.3, -0.25) is 0 Å². The first-order valence-corrected chi connectivity index (χ1v) is 16.7. The molecule has 7 aromatic carbocycles. The summed E-state index contributed by atoms with van der Waals surface area (Å²) in [7, 11) is -0.193. The summed E-state index contributed by atoms with van der Waals surface area (Å²) >= 11 is 0. The summed E-state index contributed by atoms with van der Waals surface area (Å²) in [5, 5.41) is 7.60. The molecule has 46 heavy (non-hydrogen) atoms. The van der Waals surface area contributed by atoms with Crippen LogP contribution in [-0.2, 0) is 11.2 Å². The lowest BCUT2D eigenvalue weighted by Gasteiger charge is -2.26. The number of nitrogens with zero attached hydrogens (tertiary/aromatic N) is 1. The molecular formula is C43H38BNO. The minimum absolute atomic E-state index is 0.193. The maximum absolute atomic E-state index is 7.33. The topological polar surface area (TPSA) is 12.5 Å². The van der Waals surface area contributed by atoms with Crippen molar-refractivity contribution in [1.82, 2.24) is 4.81 Å². The molecule has 0 spiro atoms. The van der Waals surface area contributed by atoms with E-state index in [9.17, 15) is 0 Å². The molecule has 0 amide bonds. The SMILES string of the molecule is CCC1(CC)CN(Cc2cccc3ccccc23)B(c2ccc3ccccc3c2-c2c(-c3ccccc3)ccc3ccccc23)O1. The van der Waals surface area contributed by atoms with Crippen molar-refractivity contribution >= 4 is 44.8 Å². The van der Waals surface area contributed by atoms with Gasteiger partial charge in [-0.15, -0.1) is 0 Å². The highest BCUT2D eigenvalue weighted by Crippen LogP contribution is 2.42. The Morgan fingerprint density at radius 3 is 1.83 bits per heavy atom. The molecule has 0 atom stereocenters. The van der Waals surface area contributed by atoms with E-state index in [0.717, 1.165) is 25.9 Å². The van der Waals surface area contributed by atoms with Crippen LogP contribution in [0.3, 0.4) is 0 Å². The molecule has 0 saturated carbocycles. The molecular weight excluding hydrogens is 557 g/mol. The quantitative estimate of drug-likeness (QED) is 0.170. The Morgan fingerprint density at radius 2 is 1.13 bits per heavy atom. The van der Waals surface area contributed by atoms with Gasteiger partial charge >= 0.3 is 7.05 Å². The van der Waals surface area contributed by atoms with Crippen LogP contribution in [0.4, 0.5) is 0 Å². The Morgan fingerprint density at radius 1 is 0.565 bits per heavy atom. The Bertz CT molecular complexity index is 2180. The number of hydrogen-bond acceptors (Lipinski definition) is 2. The van der Waals surface area contributed by atoms with Gasteiger partial charge in [-0.1, -0.05) is 159 Å². The molecule has 0 unspecified atom stereocenters. The largest absolute Gasteiger partial charge is 0.420 e. The molecule has 1 heterocycles. The van der Waals surface area contributed by atoms with Crippen molar-refractivity contribution < 1.29 is 4.65 Å². The van der Waals surface area contributed by atoms with Crippen molar-refractivity contribution in [3.8, 4) is 22.3 Å². The summed E-state index contributed by atoms with van der Waals surface area (Å²) in [6.07, 6.45) is 1.94. The summed E-state index contributed by atoms with van der Waals surface area (Å²) in [5.41, 5.74) is 7.37. The zero-order chi connectivity index (χ0) is 31.1. The molecule has 8 rings (SSSR count). The lowest BCUT2D eigenvalue weighted by molar-refractivity contribution is 0.0902. The van der Waals surface area contributed by atoms with Crippen molar-refractivity contribution in [2.45, 2.75) is 38.8 Å². The highest BCUT2D eigenvalue weighted by Gasteiger charge is 2.47. The van der Waals surface area contributed by atoms with Gasteiger partial charge in [0.2, 0.25) is 0 Å². The van der Waals surface area contributed by atoms with Gasteiger partial charge in [-0.2, -0.15) is 0 Å². The van der Waals surface area contributed by atoms with Crippen molar-refractivity contribution in [3.63, 3.8) is 0 Å². The highest BCUT2D eigenvalue weighted by molar-refractivity contribution is 6.68. The standard InChI is InChI=1S/C43H38BNO/c1-3-43(4-2)30-45(29-35-21-14-20-31-17-8-11-22-36(31)35)44(46-43)40-28-26-34-19-10-13-24-38(34)42(40)41-37-23-12-9-18-33(37)25-27-39(41)32-15-6-5-7-16-32/h5-28H,3-4,29-30H2,1-2H3. The number of fused-ring (bicyclic) bond motifs is 3. The van der Waals surface area contributed by atoms with Crippen LogP contribution in [0.15, 0.2) is 146 Å². The lowest BCUT2D eigenvalue weighted by atomic mass is 9.66. The summed E-state index contributed by atoms with van der Waals surface area (Å²) < 4.78 is 7.33. The van der Waals surface area contributed by atoms with Gasteiger partial charge in [0.05, 0.1) is 5.60 Å². The molecule has 224 valence electrons. The van der Waals surface area contributed by atoms with E-state index in [2.05, 4.69) is 164 Å². The highest BCUT2D eigenvalue weighted by atomic mass is 16.5. The van der Waals surface area contributed by atoms with E-state index in [-0.39, 0.29) is 12.7 Å². The minimum atomic E-state index is -0.209. The van der Waals surface area contributed by atoms with E-state index in [1.807, 2.05) is 0 Å². The van der Waals surface area contributed by atoms with Gasteiger partial charge in [0.15, 0.2) is 0 Å². The van der Waals surface area contributed by atoms with Crippen LogP contribution in [0, 0.1) is 0 Å². The first-order valence-electron chi connectivity index (χ1n) is 16.7. The molecule has 1 aliphatic heterocycles. The van der Waals surface area contributed by atoms with Crippen LogP contribution in [0.2, 0.25) is 0 Å². The Balaban J connectivity index is 1.39. The Kier molecular flexibility index (Phi) is 7.45. The Hall–Kier alpha value is -4.70. The fourth-order valence-electron chi connectivity index (χ4n) is 7.66. The molecule has 0 bridgehead atoms. The van der Waals surface area contributed by atoms with Gasteiger partial charge in [0.1, 0.15) is 0 Å². The third-order valence-electron chi connectivity index (χ3n) is 10.2. The zero-order valence-electron chi connectivity index (χ0n) is 26.6. The van der Waals surface area contributed by atoms with Crippen LogP contribution >= 0.6 is 0 Å². The van der Waals surface area contributed by atoms with E-state index >= 15 is 0 Å². The second-order valence-electron chi connectivity index (χ2n) is 12.7. The van der Waals surface area contributed by atoms with E-state index in [1.165, 1.54) is 65.6 Å². The van der Waals surface area contributed by atoms with Crippen molar-refractivity contribution in [2.75, 3.05) is 6.54 Å². The monoisotopic (exact) mass is 595 g/mol. The lowest BCUT2D eigenvalue weighted by Crippen LogP contribution is -2.45. The molecule has 1 aliphatic rings. The summed E-state index contributed by atoms with van der Waals surface area (Å²) in [5.74, 6) is 0. The maximum atomic E-state index is 7.33. The van der Waals surface area contributed by atoms with Gasteiger partial charge in [-0.05, 0) is 78.4 Å². The Labute approximate surface area is 272 Å². The summed E-state index contributed by atoms with van der Waals surface area (Å²) in [4.78, 5) is 2.59. The van der Waals surface area contributed by atoms with Crippen LogP contribution in [-0.4, -0.2) is 24.0 Å². The van der Waals surface area contributed by atoms with Gasteiger partial charge in [-0.25, -0.2) is 0 Å². The van der Waals surface area contributed by atoms with Gasteiger partial charge < -0.3 is 9.47 Å². The third-order valence-corrected chi connectivity index (χ3v) is 10.2. The van der Waals surface area contributed by atoms with Crippen molar-refractivity contribution in [3.05, 3.63) is 151 Å². The molecule has 2 nitrogen and oxygen atoms in total. The zero-order valence-corrected chi connectivity index (χ0v) is 26.6. The average Bonchev–Trinajstić information content (AvgIpc) is 3.50. The first-order chi connectivity index (χ1) is 22.7.